The van der Waals surface area contributed by atoms with Gasteiger partial charge in [-0.1, -0.05) is 6.07 Å². The van der Waals surface area contributed by atoms with E-state index >= 15 is 0 Å². The monoisotopic (exact) mass is 438 g/mol. The fraction of sp³-hybridized carbons (Fsp3) is 0.167. The van der Waals surface area contributed by atoms with E-state index in [1.807, 2.05) is 29.6 Å². The molecule has 2 rings (SSSR count). The molecule has 1 atom stereocenters. The lowest BCUT2D eigenvalue weighted by Crippen LogP contribution is -2.00. The molecule has 2 aromatic rings. The zero-order valence-electron chi connectivity index (χ0n) is 8.66. The second kappa shape index (κ2) is 5.97. The first-order chi connectivity index (χ1) is 8.08. The molecule has 0 radical (unpaired) electrons. The summed E-state index contributed by atoms with van der Waals surface area (Å²) >= 11 is 12.0. The van der Waals surface area contributed by atoms with Crippen molar-refractivity contribution >= 4 is 59.1 Å². The van der Waals surface area contributed by atoms with Gasteiger partial charge in [-0.25, -0.2) is 0 Å². The number of rotatable bonds is 3. The molecule has 0 amide bonds. The molecule has 1 nitrogen and oxygen atoms in total. The van der Waals surface area contributed by atoms with Crippen molar-refractivity contribution in [2.75, 3.05) is 0 Å². The van der Waals surface area contributed by atoms with Gasteiger partial charge >= 0.3 is 0 Å². The van der Waals surface area contributed by atoms with Crippen LogP contribution in [0.1, 0.15) is 16.5 Å². The van der Waals surface area contributed by atoms with Crippen LogP contribution < -0.4 is 0 Å². The van der Waals surface area contributed by atoms with Crippen LogP contribution in [-0.2, 0) is 6.42 Å². The molecule has 1 aromatic carbocycles. The van der Waals surface area contributed by atoms with Crippen LogP contribution in [0.15, 0.2) is 43.1 Å². The quantitative estimate of drug-likeness (QED) is 0.685. The Bertz CT molecular complexity index is 524. The summed E-state index contributed by atoms with van der Waals surface area (Å²) < 4.78 is 3.02. The second-order valence-corrected chi connectivity index (χ2v) is 7.15. The lowest BCUT2D eigenvalue weighted by Gasteiger charge is -2.11. The molecule has 17 heavy (non-hydrogen) atoms. The highest BCUT2D eigenvalue weighted by molar-refractivity contribution is 9.13. The number of aliphatic hydroxyl groups excluding tert-OH is 1. The van der Waals surface area contributed by atoms with Gasteiger partial charge in [0, 0.05) is 24.7 Å². The fourth-order valence-corrected chi connectivity index (χ4v) is 3.68. The predicted molar refractivity (Wildman–Crippen MR) is 82.5 cm³/mol. The van der Waals surface area contributed by atoms with Crippen LogP contribution in [0.3, 0.4) is 0 Å². The van der Waals surface area contributed by atoms with Gasteiger partial charge in [-0.05, 0) is 76.9 Å². The molecule has 5 heteroatoms. The average molecular weight is 441 g/mol. The third-order valence-corrected chi connectivity index (χ3v) is 6.23. The molecule has 0 saturated carbocycles. The number of benzene rings is 1. The third kappa shape index (κ3) is 3.41. The molecule has 0 aliphatic carbocycles. The molecule has 0 bridgehead atoms. The van der Waals surface area contributed by atoms with Gasteiger partial charge in [0.1, 0.15) is 0 Å². The largest absolute Gasteiger partial charge is 0.388 e. The number of hydrogen-bond acceptors (Lipinski definition) is 2. The lowest BCUT2D eigenvalue weighted by atomic mass is 10.1. The van der Waals surface area contributed by atoms with Crippen LogP contribution in [-0.4, -0.2) is 5.11 Å². The Kier molecular flexibility index (Phi) is 4.83. The third-order valence-electron chi connectivity index (χ3n) is 2.40. The molecule has 0 aliphatic rings. The highest BCUT2D eigenvalue weighted by atomic mass is 79.9. The number of hydrogen-bond donors (Lipinski definition) is 1. The van der Waals surface area contributed by atoms with Crippen molar-refractivity contribution in [3.63, 3.8) is 0 Å². The minimum Gasteiger partial charge on any atom is -0.388 e. The molecule has 1 heterocycles. The Labute approximate surface area is 129 Å². The van der Waals surface area contributed by atoms with Gasteiger partial charge in [0.2, 0.25) is 0 Å². The van der Waals surface area contributed by atoms with E-state index in [-0.39, 0.29) is 0 Å². The smallest absolute Gasteiger partial charge is 0.0839 e. The Morgan fingerprint density at radius 1 is 1.06 bits per heavy atom. The first-order valence-electron chi connectivity index (χ1n) is 4.93. The van der Waals surface area contributed by atoms with Crippen molar-refractivity contribution in [1.82, 2.24) is 0 Å². The van der Waals surface area contributed by atoms with Crippen LogP contribution in [0.5, 0.6) is 0 Å². The van der Waals surface area contributed by atoms with E-state index in [2.05, 4.69) is 47.8 Å². The molecule has 1 N–H and O–H groups in total. The summed E-state index contributed by atoms with van der Waals surface area (Å²) in [5.74, 6) is 0. The Balaban J connectivity index is 2.17. The molecular weight excluding hydrogens is 432 g/mol. The maximum absolute atomic E-state index is 10.2. The zero-order valence-corrected chi connectivity index (χ0v) is 14.2. The second-order valence-electron chi connectivity index (χ2n) is 3.59. The summed E-state index contributed by atoms with van der Waals surface area (Å²) in [4.78, 5) is 1.16. The summed E-state index contributed by atoms with van der Waals surface area (Å²) in [5.41, 5.74) is 0.917. The Hall–Kier alpha value is 0.320. The summed E-state index contributed by atoms with van der Waals surface area (Å²) in [5, 5.41) is 12.2. The molecule has 0 aliphatic heterocycles. The first kappa shape index (κ1) is 13.7. The molecule has 1 unspecified atom stereocenters. The highest BCUT2D eigenvalue weighted by Crippen LogP contribution is 2.31. The normalized spacial score (nSPS) is 12.7. The van der Waals surface area contributed by atoms with Crippen LogP contribution in [0.2, 0.25) is 0 Å². The van der Waals surface area contributed by atoms with E-state index < -0.39 is 6.10 Å². The molecule has 1 aromatic heterocycles. The maximum Gasteiger partial charge on any atom is 0.0839 e. The van der Waals surface area contributed by atoms with Crippen molar-refractivity contribution in [3.05, 3.63) is 53.5 Å². The number of halogens is 3. The molecule has 0 saturated heterocycles. The highest BCUT2D eigenvalue weighted by Gasteiger charge is 2.12. The fourth-order valence-electron chi connectivity index (χ4n) is 1.48. The van der Waals surface area contributed by atoms with Gasteiger partial charge in [0.15, 0.2) is 0 Å². The molecular formula is C12H9Br3OS. The Morgan fingerprint density at radius 2 is 1.82 bits per heavy atom. The summed E-state index contributed by atoms with van der Waals surface area (Å²) in [6, 6.07) is 7.81. The van der Waals surface area contributed by atoms with Gasteiger partial charge in [-0.3, -0.25) is 0 Å². The predicted octanol–water partition coefficient (Wildman–Crippen LogP) is 5.31. The lowest BCUT2D eigenvalue weighted by molar-refractivity contribution is 0.179. The average Bonchev–Trinajstić information content (AvgIpc) is 2.68. The summed E-state index contributed by atoms with van der Waals surface area (Å²) in [6.07, 6.45) is 0.154. The van der Waals surface area contributed by atoms with Crippen molar-refractivity contribution < 1.29 is 5.11 Å². The van der Waals surface area contributed by atoms with Crippen LogP contribution >= 0.6 is 59.1 Å². The zero-order chi connectivity index (χ0) is 12.4. The minimum atomic E-state index is -0.477. The van der Waals surface area contributed by atoms with Crippen molar-refractivity contribution in [2.45, 2.75) is 12.5 Å². The van der Waals surface area contributed by atoms with E-state index in [0.717, 1.165) is 23.9 Å². The van der Waals surface area contributed by atoms with E-state index in [9.17, 15) is 5.11 Å². The van der Waals surface area contributed by atoms with E-state index in [1.54, 1.807) is 11.3 Å². The standard InChI is InChI=1S/C12H9Br3OS/c13-8-2-1-7(5-10(8)15)11(16)6-12-9(14)3-4-17-12/h1-5,11,16H,6H2. The Morgan fingerprint density at radius 3 is 2.41 bits per heavy atom. The van der Waals surface area contributed by atoms with Crippen molar-refractivity contribution in [3.8, 4) is 0 Å². The van der Waals surface area contributed by atoms with Crippen LogP contribution in [0.4, 0.5) is 0 Å². The maximum atomic E-state index is 10.2. The van der Waals surface area contributed by atoms with Crippen molar-refractivity contribution in [2.24, 2.45) is 0 Å². The summed E-state index contributed by atoms with van der Waals surface area (Å²) in [6.45, 7) is 0. The number of thiophene rings is 1. The van der Waals surface area contributed by atoms with Crippen molar-refractivity contribution in [1.29, 1.82) is 0 Å². The molecule has 0 fully saturated rings. The molecule has 90 valence electrons. The number of aliphatic hydroxyl groups is 1. The van der Waals surface area contributed by atoms with Crippen LogP contribution in [0, 0.1) is 0 Å². The van der Waals surface area contributed by atoms with Gasteiger partial charge in [-0.2, -0.15) is 0 Å². The van der Waals surface area contributed by atoms with E-state index in [0.29, 0.717) is 6.42 Å². The van der Waals surface area contributed by atoms with Gasteiger partial charge in [0.25, 0.3) is 0 Å². The van der Waals surface area contributed by atoms with E-state index in [1.165, 1.54) is 0 Å². The topological polar surface area (TPSA) is 20.2 Å². The van der Waals surface area contributed by atoms with E-state index in [4.69, 9.17) is 0 Å². The van der Waals surface area contributed by atoms with Gasteiger partial charge < -0.3 is 5.11 Å². The minimum absolute atomic E-state index is 0.477. The first-order valence-corrected chi connectivity index (χ1v) is 8.18. The van der Waals surface area contributed by atoms with Crippen LogP contribution in [0.25, 0.3) is 0 Å². The van der Waals surface area contributed by atoms with Gasteiger partial charge in [0.05, 0.1) is 6.10 Å². The molecule has 0 spiro atoms. The summed E-state index contributed by atoms with van der Waals surface area (Å²) in [7, 11) is 0. The van der Waals surface area contributed by atoms with Gasteiger partial charge in [-0.15, -0.1) is 11.3 Å². The SMILES string of the molecule is OC(Cc1sccc1Br)c1ccc(Br)c(Br)c1.